The van der Waals surface area contributed by atoms with Crippen LogP contribution in [0.3, 0.4) is 0 Å². The summed E-state index contributed by atoms with van der Waals surface area (Å²) in [6, 6.07) is -0.234. The summed E-state index contributed by atoms with van der Waals surface area (Å²) < 4.78 is 0. The smallest absolute Gasteiger partial charge is 0.287 e. The van der Waals surface area contributed by atoms with Crippen LogP contribution in [0.2, 0.25) is 0 Å². The molecule has 0 aromatic heterocycles. The van der Waals surface area contributed by atoms with E-state index in [1.807, 2.05) is 6.92 Å². The van der Waals surface area contributed by atoms with Crippen molar-refractivity contribution < 1.29 is 14.4 Å². The molecule has 2 atom stereocenters. The predicted molar refractivity (Wildman–Crippen MR) is 70.4 cm³/mol. The number of nitrogens with one attached hydrogen (secondary N) is 2. The third-order valence-corrected chi connectivity index (χ3v) is 4.19. The maximum absolute atomic E-state index is 12.0. The van der Waals surface area contributed by atoms with Crippen molar-refractivity contribution in [3.63, 3.8) is 0 Å². The highest BCUT2D eigenvalue weighted by molar-refractivity contribution is 6.37. The molecule has 1 heterocycles. The van der Waals surface area contributed by atoms with Crippen LogP contribution in [0.1, 0.15) is 51.9 Å². The Morgan fingerprint density at radius 1 is 1.16 bits per heavy atom. The number of piperidine rings is 1. The van der Waals surface area contributed by atoms with Crippen LogP contribution in [0.25, 0.3) is 0 Å². The van der Waals surface area contributed by atoms with Gasteiger partial charge in [0, 0.05) is 24.4 Å². The Balaban J connectivity index is 1.86. The summed E-state index contributed by atoms with van der Waals surface area (Å²) in [6.07, 6.45) is 5.94. The summed E-state index contributed by atoms with van der Waals surface area (Å²) in [7, 11) is 0. The first-order valence-corrected chi connectivity index (χ1v) is 7.22. The van der Waals surface area contributed by atoms with Crippen molar-refractivity contribution in [2.24, 2.45) is 5.92 Å². The van der Waals surface area contributed by atoms with Gasteiger partial charge in [0.25, 0.3) is 5.91 Å². The van der Waals surface area contributed by atoms with Crippen LogP contribution in [0, 0.1) is 5.92 Å². The highest BCUT2D eigenvalue weighted by Crippen LogP contribution is 2.24. The Labute approximate surface area is 113 Å². The molecule has 0 bridgehead atoms. The Morgan fingerprint density at radius 2 is 1.84 bits per heavy atom. The second-order valence-corrected chi connectivity index (χ2v) is 5.67. The van der Waals surface area contributed by atoms with Gasteiger partial charge in [0.05, 0.1) is 0 Å². The number of rotatable bonds is 3. The quantitative estimate of drug-likeness (QED) is 0.746. The fourth-order valence-electron chi connectivity index (χ4n) is 2.95. The topological polar surface area (TPSA) is 75.3 Å². The fraction of sp³-hybridized carbons (Fsp3) is 0.786. The summed E-state index contributed by atoms with van der Waals surface area (Å²) in [5.41, 5.74) is 0. The van der Waals surface area contributed by atoms with Gasteiger partial charge in [0.15, 0.2) is 0 Å². The van der Waals surface area contributed by atoms with Crippen LogP contribution >= 0.6 is 0 Å². The van der Waals surface area contributed by atoms with E-state index in [4.69, 9.17) is 0 Å². The summed E-state index contributed by atoms with van der Waals surface area (Å²) >= 11 is 0. The molecule has 2 unspecified atom stereocenters. The second kappa shape index (κ2) is 6.17. The van der Waals surface area contributed by atoms with E-state index in [0.29, 0.717) is 12.8 Å². The van der Waals surface area contributed by atoms with E-state index >= 15 is 0 Å². The lowest BCUT2D eigenvalue weighted by Gasteiger charge is -2.30. The van der Waals surface area contributed by atoms with Crippen molar-refractivity contribution in [1.82, 2.24) is 10.6 Å². The van der Waals surface area contributed by atoms with Gasteiger partial charge in [0.1, 0.15) is 0 Å². The number of carbonyl (C=O) groups is 3. The van der Waals surface area contributed by atoms with Crippen LogP contribution < -0.4 is 10.6 Å². The molecule has 2 fully saturated rings. The van der Waals surface area contributed by atoms with Crippen molar-refractivity contribution in [3.8, 4) is 0 Å². The average molecular weight is 266 g/mol. The van der Waals surface area contributed by atoms with E-state index in [1.54, 1.807) is 0 Å². The van der Waals surface area contributed by atoms with Gasteiger partial charge in [-0.05, 0) is 26.2 Å². The lowest BCUT2D eigenvalue weighted by molar-refractivity contribution is -0.141. The molecule has 1 saturated carbocycles. The van der Waals surface area contributed by atoms with Gasteiger partial charge in [-0.15, -0.1) is 0 Å². The summed E-state index contributed by atoms with van der Waals surface area (Å²) in [5, 5.41) is 5.57. The van der Waals surface area contributed by atoms with Gasteiger partial charge in [-0.1, -0.05) is 19.3 Å². The Hall–Kier alpha value is -1.39. The predicted octanol–water partition coefficient (Wildman–Crippen LogP) is 0.919. The van der Waals surface area contributed by atoms with Crippen LogP contribution in [-0.2, 0) is 14.4 Å². The van der Waals surface area contributed by atoms with Crippen molar-refractivity contribution >= 4 is 17.6 Å². The molecular formula is C14H22N2O3. The molecule has 1 saturated heterocycles. The third kappa shape index (κ3) is 3.55. The van der Waals surface area contributed by atoms with Crippen LogP contribution in [0.4, 0.5) is 0 Å². The lowest BCUT2D eigenvalue weighted by atomic mass is 9.85. The maximum Gasteiger partial charge on any atom is 0.287 e. The number of ketones is 1. The van der Waals surface area contributed by atoms with E-state index in [9.17, 15) is 14.4 Å². The van der Waals surface area contributed by atoms with Crippen LogP contribution in [0.15, 0.2) is 0 Å². The molecule has 1 aliphatic carbocycles. The van der Waals surface area contributed by atoms with Crippen molar-refractivity contribution in [2.45, 2.75) is 64.0 Å². The zero-order chi connectivity index (χ0) is 13.8. The molecule has 19 heavy (non-hydrogen) atoms. The Kier molecular flexibility index (Phi) is 4.56. The molecule has 0 aromatic carbocycles. The normalized spacial score (nSPS) is 28.6. The highest BCUT2D eigenvalue weighted by Gasteiger charge is 2.31. The first kappa shape index (κ1) is 14.0. The summed E-state index contributed by atoms with van der Waals surface area (Å²) in [5.74, 6) is -0.831. The first-order chi connectivity index (χ1) is 9.08. The van der Waals surface area contributed by atoms with Gasteiger partial charge in [-0.3, -0.25) is 14.4 Å². The van der Waals surface area contributed by atoms with E-state index in [2.05, 4.69) is 10.6 Å². The largest absolute Gasteiger partial charge is 0.352 e. The number of hydrogen-bond donors (Lipinski definition) is 2. The monoisotopic (exact) mass is 266 g/mol. The molecule has 2 rings (SSSR count). The van der Waals surface area contributed by atoms with E-state index < -0.39 is 5.91 Å². The number of amides is 2. The molecule has 106 valence electrons. The maximum atomic E-state index is 12.0. The van der Waals surface area contributed by atoms with Gasteiger partial charge in [-0.2, -0.15) is 0 Å². The molecule has 5 heteroatoms. The van der Waals surface area contributed by atoms with Gasteiger partial charge in [-0.25, -0.2) is 0 Å². The molecule has 2 aliphatic rings. The molecular weight excluding hydrogens is 244 g/mol. The van der Waals surface area contributed by atoms with E-state index in [-0.39, 0.29) is 29.7 Å². The summed E-state index contributed by atoms with van der Waals surface area (Å²) in [4.78, 5) is 35.2. The molecule has 0 aromatic rings. The minimum atomic E-state index is -0.472. The molecule has 2 amide bonds. The van der Waals surface area contributed by atoms with Crippen LogP contribution in [0.5, 0.6) is 0 Å². The van der Waals surface area contributed by atoms with Crippen molar-refractivity contribution in [2.75, 3.05) is 0 Å². The van der Waals surface area contributed by atoms with Crippen LogP contribution in [-0.4, -0.2) is 29.7 Å². The molecule has 0 radical (unpaired) electrons. The zero-order valence-corrected chi connectivity index (χ0v) is 11.4. The minimum absolute atomic E-state index is 0.0107. The van der Waals surface area contributed by atoms with Gasteiger partial charge in [0.2, 0.25) is 11.7 Å². The second-order valence-electron chi connectivity index (χ2n) is 5.67. The third-order valence-electron chi connectivity index (χ3n) is 4.19. The lowest BCUT2D eigenvalue weighted by Crippen LogP contribution is -2.55. The van der Waals surface area contributed by atoms with Gasteiger partial charge >= 0.3 is 0 Å². The number of hydrogen-bond acceptors (Lipinski definition) is 3. The molecule has 0 spiro atoms. The van der Waals surface area contributed by atoms with Gasteiger partial charge < -0.3 is 10.6 Å². The Morgan fingerprint density at radius 3 is 2.47 bits per heavy atom. The standard InChI is InChI=1S/C14H22N2O3/c1-9-11(7-8-12(17)15-9)16-14(19)13(18)10-5-3-2-4-6-10/h9-11H,2-8H2,1H3,(H,15,17)(H,16,19). The highest BCUT2D eigenvalue weighted by atomic mass is 16.2. The Bertz CT molecular complexity index is 375. The van der Waals surface area contributed by atoms with Crippen molar-refractivity contribution in [1.29, 1.82) is 0 Å². The van der Waals surface area contributed by atoms with Crippen molar-refractivity contribution in [3.05, 3.63) is 0 Å². The molecule has 2 N–H and O–H groups in total. The number of carbonyl (C=O) groups excluding carboxylic acids is 3. The van der Waals surface area contributed by atoms with E-state index in [0.717, 1.165) is 32.1 Å². The SMILES string of the molecule is CC1NC(=O)CCC1NC(=O)C(=O)C1CCCCC1. The van der Waals surface area contributed by atoms with E-state index in [1.165, 1.54) is 0 Å². The fourth-order valence-corrected chi connectivity index (χ4v) is 2.95. The molecule has 5 nitrogen and oxygen atoms in total. The molecule has 1 aliphatic heterocycles. The summed E-state index contributed by atoms with van der Waals surface area (Å²) in [6.45, 7) is 1.85. The minimum Gasteiger partial charge on any atom is -0.352 e. The zero-order valence-electron chi connectivity index (χ0n) is 11.4. The average Bonchev–Trinajstić information content (AvgIpc) is 2.42. The number of Topliss-reactive ketones (excluding diaryl/α,β-unsaturated/α-hetero) is 1. The first-order valence-electron chi connectivity index (χ1n) is 7.22.